The van der Waals surface area contributed by atoms with Crippen LogP contribution in [0, 0.1) is 0 Å². The van der Waals surface area contributed by atoms with Gasteiger partial charge in [0.05, 0.1) is 13.2 Å². The van der Waals surface area contributed by atoms with Crippen LogP contribution in [-0.4, -0.2) is 14.5 Å². The van der Waals surface area contributed by atoms with Gasteiger partial charge in [-0.1, -0.05) is 0 Å². The molecule has 0 spiro atoms. The van der Waals surface area contributed by atoms with Crippen molar-refractivity contribution in [2.75, 3.05) is 13.2 Å². The second kappa shape index (κ2) is 5.29. The van der Waals surface area contributed by atoms with Crippen molar-refractivity contribution in [1.29, 1.82) is 1.28 Å². The molecule has 0 N–H and O–H groups in total. The zero-order valence-corrected chi connectivity index (χ0v) is 5.98. The Morgan fingerprint density at radius 3 is 2.12 bits per heavy atom. The highest BCUT2D eigenvalue weighted by atomic mass is 31.1. The minimum atomic E-state index is -3.44. The van der Waals surface area contributed by atoms with Gasteiger partial charge in [-0.05, 0) is 13.8 Å². The fourth-order valence-corrected chi connectivity index (χ4v) is 0.744. The van der Waals surface area contributed by atoms with E-state index >= 15 is 0 Å². The van der Waals surface area contributed by atoms with E-state index in [2.05, 4.69) is 9.05 Å². The molecule has 0 bridgehead atoms. The van der Waals surface area contributed by atoms with E-state index in [1.807, 2.05) is 0 Å². The Labute approximate surface area is 51.2 Å². The molecule has 0 fully saturated rings. The van der Waals surface area contributed by atoms with E-state index < -0.39 is 8.20 Å². The van der Waals surface area contributed by atoms with Crippen LogP contribution in [0.25, 0.3) is 0 Å². The first-order valence-corrected chi connectivity index (χ1v) is 3.63. The fraction of sp³-hybridized carbons (Fsp3) is 1.00. The Morgan fingerprint density at radius 2 is 1.88 bits per heavy atom. The molecule has 0 aromatic rings. The van der Waals surface area contributed by atoms with Crippen LogP contribution >= 0.6 is 8.20 Å². The maximum absolute atomic E-state index is 10.6. The summed E-state index contributed by atoms with van der Waals surface area (Å²) in [6, 6.07) is 0. The summed E-state index contributed by atoms with van der Waals surface area (Å²) in [4.78, 5) is 0. The zero-order valence-electron chi connectivity index (χ0n) is 6.09. The maximum atomic E-state index is 10.6. The quantitative estimate of drug-likeness (QED) is 0.553. The third-order valence-corrected chi connectivity index (χ3v) is 1.41. The number of hydrogen-bond donors (Lipinski definition) is 0. The fourth-order valence-electron chi connectivity index (χ4n) is 0.248. The van der Waals surface area contributed by atoms with Crippen LogP contribution in [0.2, 0.25) is 0 Å². The van der Waals surface area contributed by atoms with Crippen molar-refractivity contribution >= 4 is 8.20 Å². The van der Waals surface area contributed by atoms with Gasteiger partial charge in [0.25, 0.3) is 0 Å². The van der Waals surface area contributed by atoms with E-state index in [0.717, 1.165) is 0 Å². The molecule has 0 unspecified atom stereocenters. The molecule has 8 heavy (non-hydrogen) atoms. The van der Waals surface area contributed by atoms with Gasteiger partial charge in [-0.2, -0.15) is 0 Å². The van der Waals surface area contributed by atoms with Crippen LogP contribution in [0.4, 0.5) is 0 Å². The predicted octanol–water partition coefficient (Wildman–Crippen LogP) is 1.45. The van der Waals surface area contributed by atoms with E-state index in [1.165, 1.54) is 0 Å². The summed E-state index contributed by atoms with van der Waals surface area (Å²) in [5.74, 6) is 0. The van der Waals surface area contributed by atoms with Gasteiger partial charge in [-0.25, -0.2) is 0 Å². The average molecular weight is 139 g/mol. The zero-order chi connectivity index (χ0) is 7.33. The van der Waals surface area contributed by atoms with Gasteiger partial charge >= 0.3 is 8.20 Å². The van der Waals surface area contributed by atoms with Gasteiger partial charge in [0.1, 0.15) is 0 Å². The van der Waals surface area contributed by atoms with E-state index in [1.54, 1.807) is 13.8 Å². The first-order valence-electron chi connectivity index (χ1n) is 2.99. The van der Waals surface area contributed by atoms with Crippen molar-refractivity contribution in [2.45, 2.75) is 13.8 Å². The molecule has 0 saturated heterocycles. The first-order chi connectivity index (χ1) is 4.12. The summed E-state index contributed by atoms with van der Waals surface area (Å²) in [5, 5.41) is 0. The van der Waals surface area contributed by atoms with Gasteiger partial charge in [0, 0.05) is 0 Å². The van der Waals surface area contributed by atoms with Crippen molar-refractivity contribution in [3.8, 4) is 0 Å². The molecular formula is C4H11O3P. The van der Waals surface area contributed by atoms with Gasteiger partial charge < -0.3 is 9.05 Å². The van der Waals surface area contributed by atoms with Crippen molar-refractivity contribution in [2.24, 2.45) is 0 Å². The molecular weight excluding hydrogens is 127 g/mol. The Balaban J connectivity index is 3.58. The van der Waals surface area contributed by atoms with Crippen LogP contribution in [0.1, 0.15) is 13.8 Å². The Morgan fingerprint density at radius 1 is 1.50 bits per heavy atom. The van der Waals surface area contributed by atoms with Crippen LogP contribution in [0.15, 0.2) is 0 Å². The number of hydrogen-bond acceptors (Lipinski definition) is 3. The molecule has 0 amide bonds. The number of rotatable bonds is 4. The monoisotopic (exact) mass is 139 g/mol. The molecule has 50 valence electrons. The van der Waals surface area contributed by atoms with Crippen LogP contribution in [0.3, 0.4) is 0 Å². The van der Waals surface area contributed by atoms with Gasteiger partial charge in [-0.15, -0.1) is 0 Å². The molecule has 3 nitrogen and oxygen atoms in total. The minimum Gasteiger partial charge on any atom is -0.311 e. The first kappa shape index (κ1) is 6.27. The van der Waals surface area contributed by atoms with Crippen LogP contribution in [-0.2, 0) is 13.6 Å². The topological polar surface area (TPSA) is 35.5 Å². The lowest BCUT2D eigenvalue weighted by molar-refractivity contribution is 0.243. The third kappa shape index (κ3) is 4.31. The Kier molecular flexibility index (Phi) is 4.15. The average Bonchev–Trinajstić information content (AvgIpc) is 1.64. The van der Waals surface area contributed by atoms with E-state index in [-0.39, 0.29) is 13.2 Å². The summed E-state index contributed by atoms with van der Waals surface area (Å²) < 4.78 is 26.4. The molecule has 0 aromatic heterocycles. The predicted molar refractivity (Wildman–Crippen MR) is 32.3 cm³/mol. The van der Waals surface area contributed by atoms with E-state index in [0.29, 0.717) is 0 Å². The van der Waals surface area contributed by atoms with Gasteiger partial charge in [-0.3, -0.25) is 4.57 Å². The molecule has 0 aliphatic heterocycles. The Hall–Kier alpha value is 0.150. The smallest absolute Gasteiger partial charge is 0.311 e. The second-order valence-corrected chi connectivity index (χ2v) is 2.02. The highest BCUT2D eigenvalue weighted by molar-refractivity contribution is 7.33. The van der Waals surface area contributed by atoms with Crippen molar-refractivity contribution in [1.82, 2.24) is 0 Å². The molecule has 0 atom stereocenters. The maximum Gasteiger partial charge on any atom is 0.319 e. The molecule has 4 heteroatoms. The normalized spacial score (nSPS) is 13.5. The molecule has 0 heterocycles. The van der Waals surface area contributed by atoms with Gasteiger partial charge in [0.15, 0.2) is 1.28 Å². The lowest BCUT2D eigenvalue weighted by Crippen LogP contribution is -1.81. The molecule has 0 aromatic carbocycles. The summed E-state index contributed by atoms with van der Waals surface area (Å²) in [6.07, 6.45) is 0. The summed E-state index contributed by atoms with van der Waals surface area (Å²) in [7, 11) is -3.44. The highest BCUT2D eigenvalue weighted by Crippen LogP contribution is 2.21. The van der Waals surface area contributed by atoms with Crippen molar-refractivity contribution in [3.05, 3.63) is 0 Å². The highest BCUT2D eigenvalue weighted by Gasteiger charge is 1.91. The van der Waals surface area contributed by atoms with Crippen molar-refractivity contribution in [3.63, 3.8) is 0 Å². The summed E-state index contributed by atoms with van der Waals surface area (Å²) in [5.41, 5.74) is 0. The largest absolute Gasteiger partial charge is 0.319 e. The van der Waals surface area contributed by atoms with Crippen LogP contribution < -0.4 is 0 Å². The van der Waals surface area contributed by atoms with E-state index in [4.69, 9.17) is 1.28 Å². The van der Waals surface area contributed by atoms with E-state index in [9.17, 15) is 4.57 Å². The molecule has 0 radical (unpaired) electrons. The SMILES string of the molecule is [2H]P(=O)(OCC)OCC. The molecule has 0 aliphatic rings. The Bertz CT molecular complexity index is 106. The minimum absolute atomic E-state index is 0.251. The molecule has 0 rings (SSSR count). The summed E-state index contributed by atoms with van der Waals surface area (Å²) in [6.45, 7) is 3.84. The lowest BCUT2D eigenvalue weighted by Gasteiger charge is -1.97. The van der Waals surface area contributed by atoms with Crippen molar-refractivity contribution < 1.29 is 13.6 Å². The van der Waals surface area contributed by atoms with Gasteiger partial charge in [0.2, 0.25) is 0 Å². The molecule has 0 saturated carbocycles. The summed E-state index contributed by atoms with van der Waals surface area (Å²) >= 11 is 0. The standard InChI is InChI=1S/C4H11O3P/c1-3-6-8(5)7-4-2/h8H,3-4H2,1-2H3/i8D. The van der Waals surface area contributed by atoms with Crippen LogP contribution in [0.5, 0.6) is 0 Å². The second-order valence-electron chi connectivity index (χ2n) is 1.06. The third-order valence-electron chi connectivity index (χ3n) is 0.469. The lowest BCUT2D eigenvalue weighted by atomic mass is 10.9. The molecule has 0 aliphatic carbocycles.